The summed E-state index contributed by atoms with van der Waals surface area (Å²) in [4.78, 5) is 2.11. The molecule has 2 rings (SSSR count). The number of nitrogens with one attached hydrogen (secondary N) is 1. The van der Waals surface area contributed by atoms with Crippen LogP contribution in [0.25, 0.3) is 0 Å². The fourth-order valence-electron chi connectivity index (χ4n) is 2.20. The van der Waals surface area contributed by atoms with E-state index in [1.165, 1.54) is 16.4 Å². The van der Waals surface area contributed by atoms with Gasteiger partial charge in [0.25, 0.3) is 0 Å². The van der Waals surface area contributed by atoms with Gasteiger partial charge in [0, 0.05) is 32.0 Å². The zero-order valence-electron chi connectivity index (χ0n) is 13.8. The van der Waals surface area contributed by atoms with Crippen LogP contribution in [0.4, 0.5) is 11.4 Å². The number of rotatable bonds is 5. The molecule has 0 radical (unpaired) electrons. The molecule has 21 heavy (non-hydrogen) atoms. The third-order valence-corrected chi connectivity index (χ3v) is 5.77. The molecule has 2 aromatic rings. The molecule has 3 heteroatoms. The van der Waals surface area contributed by atoms with Gasteiger partial charge in [-0.15, -0.1) is 0 Å². The number of hydrogen-bond donors (Lipinski definition) is 1. The topological polar surface area (TPSA) is 15.3 Å². The van der Waals surface area contributed by atoms with E-state index in [1.54, 1.807) is 0 Å². The Balaban J connectivity index is 1.96. The molecule has 0 bridgehead atoms. The molecule has 0 saturated carbocycles. The summed E-state index contributed by atoms with van der Waals surface area (Å²) in [5.74, 6) is 0. The largest absolute Gasteiger partial charge is 0.381 e. The van der Waals surface area contributed by atoms with Gasteiger partial charge in [-0.2, -0.15) is 0 Å². The zero-order valence-corrected chi connectivity index (χ0v) is 14.8. The smallest absolute Gasteiger partial charge is 0.0775 e. The van der Waals surface area contributed by atoms with Crippen molar-refractivity contribution in [2.24, 2.45) is 0 Å². The summed E-state index contributed by atoms with van der Waals surface area (Å²) in [7, 11) is 2.93. The van der Waals surface area contributed by atoms with Crippen molar-refractivity contribution in [2.75, 3.05) is 24.3 Å². The van der Waals surface area contributed by atoms with Crippen LogP contribution in [0, 0.1) is 0 Å². The van der Waals surface area contributed by atoms with Gasteiger partial charge in [0.15, 0.2) is 0 Å². The average Bonchev–Trinajstić information content (AvgIpc) is 2.45. The minimum atomic E-state index is -1.19. The molecule has 1 N–H and O–H groups in total. The van der Waals surface area contributed by atoms with Gasteiger partial charge < -0.3 is 10.2 Å². The van der Waals surface area contributed by atoms with Crippen LogP contribution in [0.15, 0.2) is 48.5 Å². The Hall–Kier alpha value is -1.74. The second-order valence-electron chi connectivity index (χ2n) is 6.74. The standard InChI is InChI=1S/C18H26N2Si/c1-20(2)17-10-8-16(9-11-17)19-14-15-6-12-18(13-7-15)21(3,4)5/h6-13,19H,14H2,1-5H3. The van der Waals surface area contributed by atoms with Crippen molar-refractivity contribution in [1.29, 1.82) is 0 Å². The van der Waals surface area contributed by atoms with E-state index in [-0.39, 0.29) is 0 Å². The predicted octanol–water partition coefficient (Wildman–Crippen LogP) is 3.91. The Kier molecular flexibility index (Phi) is 4.73. The van der Waals surface area contributed by atoms with E-state index in [0.29, 0.717) is 0 Å². The molecule has 0 aliphatic carbocycles. The maximum atomic E-state index is 3.48. The van der Waals surface area contributed by atoms with Crippen LogP contribution < -0.4 is 15.4 Å². The van der Waals surface area contributed by atoms with E-state index >= 15 is 0 Å². The molecule has 0 aliphatic rings. The van der Waals surface area contributed by atoms with Gasteiger partial charge in [-0.05, 0) is 29.8 Å². The lowest BCUT2D eigenvalue weighted by Gasteiger charge is -2.17. The molecule has 0 fully saturated rings. The summed E-state index contributed by atoms with van der Waals surface area (Å²) in [6.45, 7) is 8.01. The summed E-state index contributed by atoms with van der Waals surface area (Å²) in [5, 5.41) is 4.99. The van der Waals surface area contributed by atoms with Crippen LogP contribution in [-0.2, 0) is 6.54 Å². The van der Waals surface area contributed by atoms with Crippen molar-refractivity contribution in [1.82, 2.24) is 0 Å². The van der Waals surface area contributed by atoms with Crippen LogP contribution in [-0.4, -0.2) is 22.2 Å². The van der Waals surface area contributed by atoms with Crippen molar-refractivity contribution in [3.8, 4) is 0 Å². The van der Waals surface area contributed by atoms with Gasteiger partial charge >= 0.3 is 0 Å². The van der Waals surface area contributed by atoms with Crippen molar-refractivity contribution >= 4 is 24.6 Å². The van der Waals surface area contributed by atoms with E-state index < -0.39 is 8.07 Å². The summed E-state index contributed by atoms with van der Waals surface area (Å²) in [6.07, 6.45) is 0. The van der Waals surface area contributed by atoms with Gasteiger partial charge in [0.1, 0.15) is 0 Å². The normalized spacial score (nSPS) is 11.3. The zero-order chi connectivity index (χ0) is 15.5. The molecular formula is C18H26N2Si. The third-order valence-electron chi connectivity index (χ3n) is 3.70. The summed E-state index contributed by atoms with van der Waals surface area (Å²) in [5.41, 5.74) is 3.71. The Morgan fingerprint density at radius 3 is 1.90 bits per heavy atom. The molecule has 0 saturated heterocycles. The molecule has 0 spiro atoms. The highest BCUT2D eigenvalue weighted by molar-refractivity contribution is 6.88. The molecule has 0 heterocycles. The van der Waals surface area contributed by atoms with Crippen LogP contribution in [0.5, 0.6) is 0 Å². The first-order valence-electron chi connectivity index (χ1n) is 7.47. The van der Waals surface area contributed by atoms with Gasteiger partial charge in [-0.25, -0.2) is 0 Å². The Bertz CT molecular complexity index is 566. The van der Waals surface area contributed by atoms with Crippen LogP contribution in [0.2, 0.25) is 19.6 Å². The summed E-state index contributed by atoms with van der Waals surface area (Å²) in [6, 6.07) is 17.6. The minimum Gasteiger partial charge on any atom is -0.381 e. The Labute approximate surface area is 129 Å². The van der Waals surface area contributed by atoms with Gasteiger partial charge in [0.2, 0.25) is 0 Å². The lowest BCUT2D eigenvalue weighted by molar-refractivity contribution is 1.12. The van der Waals surface area contributed by atoms with E-state index in [4.69, 9.17) is 0 Å². The van der Waals surface area contributed by atoms with Crippen molar-refractivity contribution in [3.63, 3.8) is 0 Å². The predicted molar refractivity (Wildman–Crippen MR) is 97.5 cm³/mol. The van der Waals surface area contributed by atoms with Crippen LogP contribution >= 0.6 is 0 Å². The molecule has 0 atom stereocenters. The van der Waals surface area contributed by atoms with E-state index in [2.05, 4.69) is 92.5 Å². The Morgan fingerprint density at radius 1 is 0.857 bits per heavy atom. The number of nitrogens with zero attached hydrogens (tertiary/aromatic N) is 1. The first kappa shape index (κ1) is 15.6. The SMILES string of the molecule is CN(C)c1ccc(NCc2ccc([Si](C)(C)C)cc2)cc1. The molecule has 0 unspecified atom stereocenters. The highest BCUT2D eigenvalue weighted by Crippen LogP contribution is 2.16. The average molecular weight is 299 g/mol. The Morgan fingerprint density at radius 2 is 1.43 bits per heavy atom. The molecular weight excluding hydrogens is 272 g/mol. The quantitative estimate of drug-likeness (QED) is 0.842. The molecule has 0 aliphatic heterocycles. The number of hydrogen-bond acceptors (Lipinski definition) is 2. The summed E-state index contributed by atoms with van der Waals surface area (Å²) >= 11 is 0. The van der Waals surface area contributed by atoms with Crippen molar-refractivity contribution in [2.45, 2.75) is 26.2 Å². The number of benzene rings is 2. The van der Waals surface area contributed by atoms with Gasteiger partial charge in [0.05, 0.1) is 8.07 Å². The molecule has 0 aromatic heterocycles. The second-order valence-corrected chi connectivity index (χ2v) is 11.8. The monoisotopic (exact) mass is 298 g/mol. The minimum absolute atomic E-state index is 0.868. The molecule has 2 aromatic carbocycles. The van der Waals surface area contributed by atoms with Crippen LogP contribution in [0.3, 0.4) is 0 Å². The highest BCUT2D eigenvalue weighted by atomic mass is 28.3. The van der Waals surface area contributed by atoms with E-state index in [0.717, 1.165) is 12.2 Å². The molecule has 112 valence electrons. The first-order valence-corrected chi connectivity index (χ1v) is 11.0. The van der Waals surface area contributed by atoms with Gasteiger partial charge in [-0.3, -0.25) is 0 Å². The number of anilines is 2. The van der Waals surface area contributed by atoms with Crippen LogP contribution in [0.1, 0.15) is 5.56 Å². The fourth-order valence-corrected chi connectivity index (χ4v) is 3.37. The third kappa shape index (κ3) is 4.36. The maximum Gasteiger partial charge on any atom is 0.0775 e. The van der Waals surface area contributed by atoms with E-state index in [9.17, 15) is 0 Å². The molecule has 0 amide bonds. The second kappa shape index (κ2) is 6.35. The van der Waals surface area contributed by atoms with E-state index in [1.807, 2.05) is 0 Å². The molecule has 2 nitrogen and oxygen atoms in total. The maximum absolute atomic E-state index is 3.48. The van der Waals surface area contributed by atoms with Crippen molar-refractivity contribution in [3.05, 3.63) is 54.1 Å². The fraction of sp³-hybridized carbons (Fsp3) is 0.333. The lowest BCUT2D eigenvalue weighted by atomic mass is 10.2. The highest BCUT2D eigenvalue weighted by Gasteiger charge is 2.15. The van der Waals surface area contributed by atoms with Crippen molar-refractivity contribution < 1.29 is 0 Å². The van der Waals surface area contributed by atoms with Gasteiger partial charge in [-0.1, -0.05) is 49.1 Å². The summed E-state index contributed by atoms with van der Waals surface area (Å²) < 4.78 is 0. The first-order chi connectivity index (χ1) is 9.86. The lowest BCUT2D eigenvalue weighted by Crippen LogP contribution is -2.37.